The van der Waals surface area contributed by atoms with Crippen LogP contribution in [0.3, 0.4) is 0 Å². The molecule has 1 saturated heterocycles. The number of ether oxygens (including phenoxy) is 2. The van der Waals surface area contributed by atoms with E-state index >= 15 is 0 Å². The van der Waals surface area contributed by atoms with Gasteiger partial charge in [0.15, 0.2) is 0 Å². The Bertz CT molecular complexity index is 755. The van der Waals surface area contributed by atoms with E-state index in [1.165, 1.54) is 19.3 Å². The van der Waals surface area contributed by atoms with Crippen molar-refractivity contribution in [3.8, 4) is 0 Å². The lowest BCUT2D eigenvalue weighted by atomic mass is 9.79. The van der Waals surface area contributed by atoms with Gasteiger partial charge in [-0.15, -0.1) is 0 Å². The van der Waals surface area contributed by atoms with Crippen LogP contribution in [0.2, 0.25) is 0 Å². The van der Waals surface area contributed by atoms with Crippen molar-refractivity contribution in [1.29, 1.82) is 0 Å². The highest BCUT2D eigenvalue weighted by Crippen LogP contribution is 2.47. The third-order valence-corrected chi connectivity index (χ3v) is 7.44. The molecule has 1 aromatic rings. The summed E-state index contributed by atoms with van der Waals surface area (Å²) in [6.07, 6.45) is 9.10. The molecule has 4 atom stereocenters. The van der Waals surface area contributed by atoms with Crippen LogP contribution in [0.5, 0.6) is 0 Å². The maximum Gasteiger partial charge on any atom is 0.519 e. The molecule has 6 heteroatoms. The summed E-state index contributed by atoms with van der Waals surface area (Å²) in [4.78, 5) is 17.9. The van der Waals surface area contributed by atoms with Crippen molar-refractivity contribution in [2.24, 2.45) is 5.92 Å². The molecular weight excluding hydrogens is 404 g/mol. The Balaban J connectivity index is 1.79. The number of aliphatic hydroxyl groups is 1. The molecule has 1 saturated carbocycles. The van der Waals surface area contributed by atoms with Gasteiger partial charge in [0.2, 0.25) is 5.72 Å². The molecule has 0 radical (unpaired) electrons. The molecule has 32 heavy (non-hydrogen) atoms. The highest BCUT2D eigenvalue weighted by molar-refractivity contribution is 5.61. The third-order valence-electron chi connectivity index (χ3n) is 7.44. The number of amides is 1. The molecule has 0 spiro atoms. The molecule has 1 N–H and O–H groups in total. The van der Waals surface area contributed by atoms with Gasteiger partial charge < -0.3 is 14.6 Å². The molecule has 2 aliphatic rings. The molecule has 1 aliphatic carbocycles. The van der Waals surface area contributed by atoms with Crippen LogP contribution in [-0.2, 0) is 9.47 Å². The van der Waals surface area contributed by atoms with E-state index < -0.39 is 17.4 Å². The number of hydrogen-bond donors (Lipinski definition) is 1. The van der Waals surface area contributed by atoms with Crippen LogP contribution in [0.4, 0.5) is 4.79 Å². The van der Waals surface area contributed by atoms with Gasteiger partial charge in [-0.3, -0.25) is 4.98 Å². The quantitative estimate of drug-likeness (QED) is 0.562. The van der Waals surface area contributed by atoms with E-state index in [1.54, 1.807) is 6.20 Å². The zero-order valence-electron chi connectivity index (χ0n) is 20.8. The van der Waals surface area contributed by atoms with Crippen molar-refractivity contribution in [2.75, 3.05) is 7.05 Å². The Morgan fingerprint density at radius 2 is 1.97 bits per heavy atom. The molecule has 1 aromatic heterocycles. The molecule has 3 rings (SSSR count). The summed E-state index contributed by atoms with van der Waals surface area (Å²) < 4.78 is 12.7. The number of carbonyl (C=O) groups excluding carboxylic acids is 1. The van der Waals surface area contributed by atoms with E-state index in [-0.39, 0.29) is 22.7 Å². The van der Waals surface area contributed by atoms with Gasteiger partial charge in [-0.25, -0.2) is 0 Å². The van der Waals surface area contributed by atoms with Crippen LogP contribution in [-0.4, -0.2) is 51.2 Å². The maximum absolute atomic E-state index is 13.6. The van der Waals surface area contributed by atoms with Crippen LogP contribution in [0, 0.1) is 5.92 Å². The standard InChI is InChI=1S/C26H43N2O4/c1-25(2,3)32-24(30)28(6)23(19-13-8-7-9-14-19)22(31-26(28,4)5)17-12-16-21(29)20-15-10-11-18-27-20/h10-11,15,18-19,21-23,29H,7-9,12-14,16-17H2,1-6H3/q+1/t21-,22+,23?,28?/m1/s1. The second-order valence-electron chi connectivity index (χ2n) is 11.2. The Kier molecular flexibility index (Phi) is 7.68. The molecule has 2 fully saturated rings. The Morgan fingerprint density at radius 1 is 1.28 bits per heavy atom. The highest BCUT2D eigenvalue weighted by Gasteiger charge is 2.66. The maximum atomic E-state index is 13.6. The lowest BCUT2D eigenvalue weighted by molar-refractivity contribution is -0.915. The van der Waals surface area contributed by atoms with E-state index in [0.717, 1.165) is 25.7 Å². The number of likely N-dealkylation sites (N-methyl/N-ethyl adjacent to an activating group) is 1. The first-order valence-electron chi connectivity index (χ1n) is 12.3. The lowest BCUT2D eigenvalue weighted by Crippen LogP contribution is -2.66. The monoisotopic (exact) mass is 447 g/mol. The SMILES string of the molecule is CC(C)(C)OC(=O)[N+]1(C)C(C2CCCCC2)[C@H](CCC[C@@H](O)c2ccccn2)OC1(C)C. The normalized spacial score (nSPS) is 29.6. The largest absolute Gasteiger partial charge is 0.519 e. The Morgan fingerprint density at radius 3 is 2.56 bits per heavy atom. The first kappa shape index (κ1) is 25.1. The number of aliphatic hydroxyl groups excluding tert-OH is 1. The molecule has 180 valence electrons. The summed E-state index contributed by atoms with van der Waals surface area (Å²) in [5, 5.41) is 10.5. The molecule has 1 amide bonds. The second-order valence-corrected chi connectivity index (χ2v) is 11.2. The van der Waals surface area contributed by atoms with Crippen LogP contribution in [0.1, 0.15) is 97.8 Å². The van der Waals surface area contributed by atoms with Crippen molar-refractivity contribution in [2.45, 2.75) is 116 Å². The van der Waals surface area contributed by atoms with E-state index in [0.29, 0.717) is 18.0 Å². The first-order valence-corrected chi connectivity index (χ1v) is 12.3. The van der Waals surface area contributed by atoms with Gasteiger partial charge >= 0.3 is 6.09 Å². The average Bonchev–Trinajstić information content (AvgIpc) is 2.94. The number of rotatable bonds is 6. The molecule has 0 bridgehead atoms. The topological polar surface area (TPSA) is 68.7 Å². The van der Waals surface area contributed by atoms with Crippen molar-refractivity contribution >= 4 is 6.09 Å². The number of carbonyl (C=O) groups is 1. The van der Waals surface area contributed by atoms with E-state index in [9.17, 15) is 9.90 Å². The van der Waals surface area contributed by atoms with Crippen LogP contribution in [0.25, 0.3) is 0 Å². The molecule has 0 aromatic carbocycles. The lowest BCUT2D eigenvalue weighted by Gasteiger charge is -2.44. The summed E-state index contributed by atoms with van der Waals surface area (Å²) in [5.41, 5.74) is -0.510. The minimum Gasteiger partial charge on any atom is -0.414 e. The number of pyridine rings is 1. The molecule has 1 aliphatic heterocycles. The van der Waals surface area contributed by atoms with Crippen molar-refractivity contribution < 1.29 is 23.9 Å². The average molecular weight is 448 g/mol. The molecule has 6 nitrogen and oxygen atoms in total. The Hall–Kier alpha value is -1.50. The summed E-state index contributed by atoms with van der Waals surface area (Å²) in [7, 11) is 2.01. The van der Waals surface area contributed by atoms with E-state index in [2.05, 4.69) is 4.98 Å². The molecular formula is C26H43N2O4+. The van der Waals surface area contributed by atoms with Gasteiger partial charge in [0.05, 0.1) is 18.8 Å². The van der Waals surface area contributed by atoms with Gasteiger partial charge in [0.25, 0.3) is 0 Å². The van der Waals surface area contributed by atoms with Gasteiger partial charge in [0.1, 0.15) is 17.7 Å². The van der Waals surface area contributed by atoms with E-state index in [1.807, 2.05) is 59.9 Å². The minimum absolute atomic E-state index is 0.0402. The fourth-order valence-corrected chi connectivity index (χ4v) is 5.60. The van der Waals surface area contributed by atoms with Crippen molar-refractivity contribution in [1.82, 2.24) is 4.98 Å². The smallest absolute Gasteiger partial charge is 0.414 e. The third kappa shape index (κ3) is 5.35. The summed E-state index contributed by atoms with van der Waals surface area (Å²) >= 11 is 0. The zero-order valence-corrected chi connectivity index (χ0v) is 20.8. The first-order chi connectivity index (χ1) is 15.0. The van der Waals surface area contributed by atoms with Gasteiger partial charge in [-0.2, -0.15) is 9.28 Å². The fourth-order valence-electron chi connectivity index (χ4n) is 5.60. The van der Waals surface area contributed by atoms with Gasteiger partial charge in [0, 0.05) is 26.0 Å². The predicted octanol–water partition coefficient (Wildman–Crippen LogP) is 5.75. The van der Waals surface area contributed by atoms with E-state index in [4.69, 9.17) is 9.47 Å². The van der Waals surface area contributed by atoms with Crippen LogP contribution >= 0.6 is 0 Å². The van der Waals surface area contributed by atoms with Crippen molar-refractivity contribution in [3.05, 3.63) is 30.1 Å². The second kappa shape index (κ2) is 9.78. The number of aromatic nitrogens is 1. The fraction of sp³-hybridized carbons (Fsp3) is 0.769. The minimum atomic E-state index is -0.672. The summed E-state index contributed by atoms with van der Waals surface area (Å²) in [6.45, 7) is 9.82. The number of nitrogens with zero attached hydrogens (tertiary/aromatic N) is 2. The summed E-state index contributed by atoms with van der Waals surface area (Å²) in [5.74, 6) is 0.439. The van der Waals surface area contributed by atoms with Gasteiger partial charge in [-0.1, -0.05) is 25.3 Å². The Labute approximate surface area is 193 Å². The number of hydrogen-bond acceptors (Lipinski definition) is 5. The molecule has 2 unspecified atom stereocenters. The predicted molar refractivity (Wildman–Crippen MR) is 125 cm³/mol. The number of quaternary nitrogens is 1. The van der Waals surface area contributed by atoms with Gasteiger partial charge in [-0.05, 0) is 65.0 Å². The van der Waals surface area contributed by atoms with Crippen molar-refractivity contribution in [3.63, 3.8) is 0 Å². The zero-order chi connectivity index (χ0) is 23.6. The molecule has 2 heterocycles. The van der Waals surface area contributed by atoms with Crippen LogP contribution < -0.4 is 0 Å². The highest BCUT2D eigenvalue weighted by atomic mass is 16.6. The van der Waals surface area contributed by atoms with Crippen LogP contribution in [0.15, 0.2) is 24.4 Å². The summed E-state index contributed by atoms with van der Waals surface area (Å²) in [6, 6.07) is 5.68.